The van der Waals surface area contributed by atoms with Crippen molar-refractivity contribution in [3.05, 3.63) is 80.7 Å². The molecule has 4 aromatic rings. The molecule has 142 valence electrons. The number of nitrogens with zero attached hydrogens (tertiary/aromatic N) is 2. The molecule has 2 aromatic heterocycles. The second-order valence-corrected chi connectivity index (χ2v) is 6.93. The third-order valence-corrected chi connectivity index (χ3v) is 4.65. The van der Waals surface area contributed by atoms with Crippen LogP contribution in [-0.4, -0.2) is 14.5 Å². The van der Waals surface area contributed by atoms with Gasteiger partial charge in [0.25, 0.3) is 5.56 Å². The molecular weight excluding hydrogens is 406 g/mol. The highest BCUT2D eigenvalue weighted by atomic mass is 35.5. The third kappa shape index (κ3) is 3.42. The van der Waals surface area contributed by atoms with E-state index in [1.807, 2.05) is 0 Å². The molecule has 2 aromatic carbocycles. The second kappa shape index (κ2) is 7.18. The Balaban J connectivity index is 1.71. The molecule has 0 saturated carbocycles. The summed E-state index contributed by atoms with van der Waals surface area (Å²) < 4.78 is 22.0. The Bertz CT molecular complexity index is 1230. The molecule has 0 saturated heterocycles. The number of rotatable bonds is 4. The largest absolute Gasteiger partial charge is 0.453 e. The minimum atomic E-state index is -0.680. The summed E-state index contributed by atoms with van der Waals surface area (Å²) in [7, 11) is 0. The van der Waals surface area contributed by atoms with Crippen LogP contribution >= 0.6 is 23.2 Å². The monoisotopic (exact) mass is 418 g/mol. The number of anilines is 1. The molecule has 0 aliphatic heterocycles. The quantitative estimate of drug-likeness (QED) is 0.474. The summed E-state index contributed by atoms with van der Waals surface area (Å²) in [6.07, 6.45) is 3.00. The summed E-state index contributed by atoms with van der Waals surface area (Å²) in [5.41, 5.74) is 6.89. The van der Waals surface area contributed by atoms with Gasteiger partial charge in [-0.15, -0.1) is 0 Å². The molecule has 3 N–H and O–H groups in total. The number of ether oxygens (including phenoxy) is 1. The Morgan fingerprint density at radius 2 is 2.04 bits per heavy atom. The van der Waals surface area contributed by atoms with Crippen LogP contribution in [0, 0.1) is 5.82 Å². The first-order valence-corrected chi connectivity index (χ1v) is 8.91. The van der Waals surface area contributed by atoms with Gasteiger partial charge in [0, 0.05) is 28.5 Å². The Morgan fingerprint density at radius 1 is 1.21 bits per heavy atom. The number of fused-ring (bicyclic) bond motifs is 1. The van der Waals surface area contributed by atoms with Crippen molar-refractivity contribution >= 4 is 39.9 Å². The van der Waals surface area contributed by atoms with E-state index in [9.17, 15) is 4.79 Å². The SMILES string of the molecule is Nc1cc(Cl)cc(Oc2c(Cl)ccc(Cn3ccc4[nH]cnc4c3=O)c2F)c1. The average Bonchev–Trinajstić information content (AvgIpc) is 3.12. The fourth-order valence-electron chi connectivity index (χ4n) is 2.83. The van der Waals surface area contributed by atoms with Crippen LogP contribution in [0.5, 0.6) is 11.5 Å². The average molecular weight is 419 g/mol. The molecular formula is C19H13Cl2FN4O2. The van der Waals surface area contributed by atoms with E-state index < -0.39 is 5.82 Å². The maximum Gasteiger partial charge on any atom is 0.278 e. The molecule has 0 aliphatic carbocycles. The minimum absolute atomic E-state index is 0.0152. The number of imidazole rings is 1. The zero-order valence-corrected chi connectivity index (χ0v) is 15.8. The number of H-pyrrole nitrogens is 1. The summed E-state index contributed by atoms with van der Waals surface area (Å²) in [6.45, 7) is -0.0152. The van der Waals surface area contributed by atoms with Crippen molar-refractivity contribution in [1.29, 1.82) is 0 Å². The van der Waals surface area contributed by atoms with E-state index in [4.69, 9.17) is 33.7 Å². The lowest BCUT2D eigenvalue weighted by Gasteiger charge is -2.13. The van der Waals surface area contributed by atoms with E-state index in [0.717, 1.165) is 0 Å². The first-order valence-electron chi connectivity index (χ1n) is 8.15. The molecule has 0 fully saturated rings. The van der Waals surface area contributed by atoms with Crippen LogP contribution in [0.2, 0.25) is 10.0 Å². The van der Waals surface area contributed by atoms with Gasteiger partial charge in [0.1, 0.15) is 5.75 Å². The highest BCUT2D eigenvalue weighted by Gasteiger charge is 2.17. The first kappa shape index (κ1) is 18.3. The van der Waals surface area contributed by atoms with Gasteiger partial charge in [0.15, 0.2) is 17.1 Å². The van der Waals surface area contributed by atoms with Crippen LogP contribution in [0.25, 0.3) is 11.0 Å². The Kier molecular flexibility index (Phi) is 4.70. The molecule has 0 spiro atoms. The second-order valence-electron chi connectivity index (χ2n) is 6.09. The zero-order valence-electron chi connectivity index (χ0n) is 14.2. The van der Waals surface area contributed by atoms with Gasteiger partial charge < -0.3 is 20.0 Å². The molecule has 2 heterocycles. The number of benzene rings is 2. The fourth-order valence-corrected chi connectivity index (χ4v) is 3.25. The third-order valence-electron chi connectivity index (χ3n) is 4.14. The van der Waals surface area contributed by atoms with Crippen LogP contribution in [0.3, 0.4) is 0 Å². The number of aromatic nitrogens is 3. The minimum Gasteiger partial charge on any atom is -0.453 e. The van der Waals surface area contributed by atoms with Gasteiger partial charge in [-0.25, -0.2) is 9.37 Å². The lowest BCUT2D eigenvalue weighted by Crippen LogP contribution is -2.20. The first-order chi connectivity index (χ1) is 13.4. The Hall–Kier alpha value is -3.03. The number of halogens is 3. The van der Waals surface area contributed by atoms with E-state index in [-0.39, 0.29) is 39.7 Å². The summed E-state index contributed by atoms with van der Waals surface area (Å²) in [4.78, 5) is 19.3. The van der Waals surface area contributed by atoms with Crippen molar-refractivity contribution in [3.8, 4) is 11.5 Å². The lowest BCUT2D eigenvalue weighted by atomic mass is 10.2. The highest BCUT2D eigenvalue weighted by Crippen LogP contribution is 2.35. The number of aromatic amines is 1. The number of pyridine rings is 1. The lowest BCUT2D eigenvalue weighted by molar-refractivity contribution is 0.437. The van der Waals surface area contributed by atoms with Crippen molar-refractivity contribution in [2.75, 3.05) is 5.73 Å². The summed E-state index contributed by atoms with van der Waals surface area (Å²) >= 11 is 12.1. The summed E-state index contributed by atoms with van der Waals surface area (Å²) in [6, 6.07) is 9.24. The van der Waals surface area contributed by atoms with E-state index in [0.29, 0.717) is 16.2 Å². The van der Waals surface area contributed by atoms with E-state index in [1.54, 1.807) is 18.3 Å². The molecule has 0 amide bonds. The molecule has 4 rings (SSSR count). The van der Waals surface area contributed by atoms with E-state index in [2.05, 4.69) is 9.97 Å². The summed E-state index contributed by atoms with van der Waals surface area (Å²) in [5.74, 6) is -0.604. The molecule has 9 heteroatoms. The number of nitrogen functional groups attached to an aromatic ring is 1. The predicted octanol–water partition coefficient (Wildman–Crippen LogP) is 4.59. The fraction of sp³-hybridized carbons (Fsp3) is 0.0526. The van der Waals surface area contributed by atoms with Crippen LogP contribution in [0.15, 0.2) is 53.7 Å². The van der Waals surface area contributed by atoms with E-state index >= 15 is 4.39 Å². The van der Waals surface area contributed by atoms with Crippen LogP contribution in [0.1, 0.15) is 5.56 Å². The number of nitrogens with two attached hydrogens (primary N) is 1. The van der Waals surface area contributed by atoms with Crippen molar-refractivity contribution in [3.63, 3.8) is 0 Å². The molecule has 0 atom stereocenters. The number of hydrogen-bond donors (Lipinski definition) is 2. The zero-order chi connectivity index (χ0) is 19.8. The molecule has 28 heavy (non-hydrogen) atoms. The smallest absolute Gasteiger partial charge is 0.278 e. The molecule has 0 aliphatic rings. The summed E-state index contributed by atoms with van der Waals surface area (Å²) in [5, 5.41) is 0.427. The number of nitrogens with one attached hydrogen (secondary N) is 1. The van der Waals surface area contributed by atoms with Gasteiger partial charge in [0.2, 0.25) is 0 Å². The molecule has 0 unspecified atom stereocenters. The molecule has 6 nitrogen and oxygen atoms in total. The molecule has 0 bridgehead atoms. The predicted molar refractivity (Wildman–Crippen MR) is 107 cm³/mol. The van der Waals surface area contributed by atoms with Crippen molar-refractivity contribution in [2.24, 2.45) is 0 Å². The van der Waals surface area contributed by atoms with Crippen molar-refractivity contribution < 1.29 is 9.13 Å². The van der Waals surface area contributed by atoms with Crippen LogP contribution in [-0.2, 0) is 6.54 Å². The highest BCUT2D eigenvalue weighted by molar-refractivity contribution is 6.32. The normalized spacial score (nSPS) is 11.1. The van der Waals surface area contributed by atoms with Gasteiger partial charge in [-0.1, -0.05) is 29.3 Å². The van der Waals surface area contributed by atoms with Gasteiger partial charge in [-0.2, -0.15) is 0 Å². The van der Waals surface area contributed by atoms with E-state index in [1.165, 1.54) is 35.2 Å². The van der Waals surface area contributed by atoms with Crippen molar-refractivity contribution in [1.82, 2.24) is 14.5 Å². The van der Waals surface area contributed by atoms with Gasteiger partial charge in [-0.05, 0) is 24.3 Å². The maximum absolute atomic E-state index is 15.1. The van der Waals surface area contributed by atoms with Gasteiger partial charge in [-0.3, -0.25) is 4.79 Å². The van der Waals surface area contributed by atoms with Gasteiger partial charge in [0.05, 0.1) is 23.4 Å². The van der Waals surface area contributed by atoms with Gasteiger partial charge >= 0.3 is 0 Å². The van der Waals surface area contributed by atoms with Crippen LogP contribution < -0.4 is 16.0 Å². The van der Waals surface area contributed by atoms with Crippen LogP contribution in [0.4, 0.5) is 10.1 Å². The topological polar surface area (TPSA) is 85.9 Å². The molecule has 0 radical (unpaired) electrons. The maximum atomic E-state index is 15.1. The Morgan fingerprint density at radius 3 is 2.82 bits per heavy atom. The number of hydrogen-bond acceptors (Lipinski definition) is 4. The standard InChI is InChI=1S/C19H13Cl2FN4O2/c20-11-5-12(23)7-13(6-11)28-18-14(21)2-1-10(16(18)22)8-26-4-3-15-17(19(26)27)25-9-24-15/h1-7,9H,8,23H2,(H,24,25). The Labute approximate surface area is 168 Å². The van der Waals surface area contributed by atoms with Crippen molar-refractivity contribution in [2.45, 2.75) is 6.54 Å².